The summed E-state index contributed by atoms with van der Waals surface area (Å²) in [6.45, 7) is 2.44. The molecule has 6 nitrogen and oxygen atoms in total. The molecule has 1 fully saturated rings. The zero-order chi connectivity index (χ0) is 25.2. The third-order valence-electron chi connectivity index (χ3n) is 7.19. The molecule has 0 bridgehead atoms. The van der Waals surface area contributed by atoms with E-state index in [-0.39, 0.29) is 11.9 Å². The minimum Gasteiger partial charge on any atom is -0.497 e. The van der Waals surface area contributed by atoms with Crippen LogP contribution in [0, 0.1) is 0 Å². The molecule has 6 heteroatoms. The van der Waals surface area contributed by atoms with E-state index in [9.17, 15) is 4.79 Å². The molecule has 1 amide bonds. The summed E-state index contributed by atoms with van der Waals surface area (Å²) < 4.78 is 10.7. The van der Waals surface area contributed by atoms with Crippen LogP contribution in [-0.2, 0) is 4.74 Å². The van der Waals surface area contributed by atoms with Gasteiger partial charge in [0.15, 0.2) is 0 Å². The summed E-state index contributed by atoms with van der Waals surface area (Å²) in [5.74, 6) is 0.870. The Hall–Kier alpha value is -4.16. The lowest BCUT2D eigenvalue weighted by molar-refractivity contribution is 0.0303. The van der Waals surface area contributed by atoms with Gasteiger partial charge < -0.3 is 14.4 Å². The van der Waals surface area contributed by atoms with Crippen molar-refractivity contribution in [3.05, 3.63) is 108 Å². The van der Waals surface area contributed by atoms with Crippen LogP contribution in [0.3, 0.4) is 0 Å². The van der Waals surface area contributed by atoms with E-state index in [1.807, 2.05) is 41.3 Å². The summed E-state index contributed by atoms with van der Waals surface area (Å²) in [6.07, 6.45) is 0.773. The fourth-order valence-corrected chi connectivity index (χ4v) is 5.20. The molecule has 0 saturated carbocycles. The predicted octanol–water partition coefficient (Wildman–Crippen LogP) is 5.68. The topological polar surface area (TPSA) is 54.4 Å². The van der Waals surface area contributed by atoms with Crippen LogP contribution in [0.25, 0.3) is 10.8 Å². The first-order valence-corrected chi connectivity index (χ1v) is 12.7. The summed E-state index contributed by atoms with van der Waals surface area (Å²) >= 11 is 0. The molecule has 186 valence electrons. The van der Waals surface area contributed by atoms with Crippen molar-refractivity contribution in [2.45, 2.75) is 12.5 Å². The van der Waals surface area contributed by atoms with Crippen molar-refractivity contribution in [2.24, 2.45) is 5.10 Å². The number of carbonyl (C=O) groups is 1. The molecule has 4 aromatic carbocycles. The molecule has 0 spiro atoms. The molecule has 1 atom stereocenters. The van der Waals surface area contributed by atoms with Gasteiger partial charge in [-0.05, 0) is 70.4 Å². The van der Waals surface area contributed by atoms with Crippen LogP contribution in [0.5, 0.6) is 5.75 Å². The van der Waals surface area contributed by atoms with Gasteiger partial charge in [0.25, 0.3) is 5.91 Å². The van der Waals surface area contributed by atoms with Gasteiger partial charge in [0.2, 0.25) is 0 Å². The number of methoxy groups -OCH3 is 1. The van der Waals surface area contributed by atoms with Gasteiger partial charge in [-0.3, -0.25) is 9.80 Å². The van der Waals surface area contributed by atoms with E-state index in [0.717, 1.165) is 29.1 Å². The van der Waals surface area contributed by atoms with Crippen LogP contribution in [0.2, 0.25) is 0 Å². The van der Waals surface area contributed by atoms with Crippen molar-refractivity contribution in [1.82, 2.24) is 4.90 Å². The molecule has 2 aliphatic rings. The number of hydrazone groups is 1. The van der Waals surface area contributed by atoms with E-state index in [2.05, 4.69) is 59.6 Å². The van der Waals surface area contributed by atoms with E-state index < -0.39 is 0 Å². The molecule has 37 heavy (non-hydrogen) atoms. The van der Waals surface area contributed by atoms with Crippen LogP contribution in [0.4, 0.5) is 5.69 Å². The standard InChI is InChI=1S/C31H29N3O3/c1-36-26-15-11-23(12-16-26)29-21-30(28-8-4-6-22-5-2-3-7-27(22)28)34(32-29)25-13-9-24(10-14-25)31(35)33-17-19-37-20-18-33/h2-16,30H,17-21H2,1H3. The molecule has 0 aromatic heterocycles. The Morgan fingerprint density at radius 1 is 0.892 bits per heavy atom. The highest BCUT2D eigenvalue weighted by Crippen LogP contribution is 2.39. The summed E-state index contributed by atoms with van der Waals surface area (Å²) in [7, 11) is 1.67. The molecule has 2 aliphatic heterocycles. The van der Waals surface area contributed by atoms with Gasteiger partial charge in [-0.2, -0.15) is 5.10 Å². The van der Waals surface area contributed by atoms with E-state index in [0.29, 0.717) is 31.9 Å². The fraction of sp³-hybridized carbons (Fsp3) is 0.226. The predicted molar refractivity (Wildman–Crippen MR) is 146 cm³/mol. The highest BCUT2D eigenvalue weighted by atomic mass is 16.5. The maximum Gasteiger partial charge on any atom is 0.254 e. The Morgan fingerprint density at radius 2 is 1.62 bits per heavy atom. The second-order valence-corrected chi connectivity index (χ2v) is 9.36. The summed E-state index contributed by atoms with van der Waals surface area (Å²) in [4.78, 5) is 14.8. The lowest BCUT2D eigenvalue weighted by Crippen LogP contribution is -2.40. The summed E-state index contributed by atoms with van der Waals surface area (Å²) in [5.41, 5.74) is 4.98. The van der Waals surface area contributed by atoms with Crippen molar-refractivity contribution < 1.29 is 14.3 Å². The zero-order valence-electron chi connectivity index (χ0n) is 20.8. The smallest absolute Gasteiger partial charge is 0.254 e. The van der Waals surface area contributed by atoms with Crippen LogP contribution in [-0.4, -0.2) is 49.9 Å². The first kappa shape index (κ1) is 23.3. The minimum atomic E-state index is 0.0315. The molecule has 1 unspecified atom stereocenters. The molecular weight excluding hydrogens is 462 g/mol. The average Bonchev–Trinajstić information content (AvgIpc) is 3.42. The van der Waals surface area contributed by atoms with Gasteiger partial charge in [-0.1, -0.05) is 42.5 Å². The number of hydrogen-bond acceptors (Lipinski definition) is 5. The van der Waals surface area contributed by atoms with Crippen LogP contribution < -0.4 is 9.75 Å². The quantitative estimate of drug-likeness (QED) is 0.361. The molecule has 1 saturated heterocycles. The monoisotopic (exact) mass is 491 g/mol. The number of carbonyl (C=O) groups excluding carboxylic acids is 1. The largest absolute Gasteiger partial charge is 0.497 e. The van der Waals surface area contributed by atoms with Gasteiger partial charge >= 0.3 is 0 Å². The molecular formula is C31H29N3O3. The van der Waals surface area contributed by atoms with Crippen molar-refractivity contribution in [3.63, 3.8) is 0 Å². The lowest BCUT2D eigenvalue weighted by Gasteiger charge is -2.27. The molecule has 2 heterocycles. The number of amides is 1. The average molecular weight is 492 g/mol. The normalized spacial score (nSPS) is 17.6. The van der Waals surface area contributed by atoms with Gasteiger partial charge in [0.05, 0.1) is 37.8 Å². The lowest BCUT2D eigenvalue weighted by atomic mass is 9.94. The maximum absolute atomic E-state index is 13.0. The molecule has 0 aliphatic carbocycles. The van der Waals surface area contributed by atoms with Gasteiger partial charge in [-0.25, -0.2) is 0 Å². The number of rotatable bonds is 5. The van der Waals surface area contributed by atoms with Crippen molar-refractivity contribution in [3.8, 4) is 5.75 Å². The Labute approximate surface area is 216 Å². The number of benzene rings is 4. The van der Waals surface area contributed by atoms with E-state index in [1.54, 1.807) is 7.11 Å². The number of nitrogens with zero attached hydrogens (tertiary/aromatic N) is 3. The van der Waals surface area contributed by atoms with E-state index >= 15 is 0 Å². The second kappa shape index (κ2) is 10.1. The van der Waals surface area contributed by atoms with Crippen molar-refractivity contribution in [2.75, 3.05) is 38.4 Å². The minimum absolute atomic E-state index is 0.0315. The van der Waals surface area contributed by atoms with Crippen LogP contribution >= 0.6 is 0 Å². The number of morpholine rings is 1. The fourth-order valence-electron chi connectivity index (χ4n) is 5.20. The number of ether oxygens (including phenoxy) is 2. The Morgan fingerprint density at radius 3 is 2.38 bits per heavy atom. The number of hydrogen-bond donors (Lipinski definition) is 0. The molecule has 0 radical (unpaired) electrons. The third kappa shape index (κ3) is 4.56. The third-order valence-corrected chi connectivity index (χ3v) is 7.19. The van der Waals surface area contributed by atoms with Crippen LogP contribution in [0.15, 0.2) is 96.1 Å². The SMILES string of the molecule is COc1ccc(C2=NN(c3ccc(C(=O)N4CCOCC4)cc3)C(c3cccc4ccccc34)C2)cc1. The Balaban J connectivity index is 1.36. The molecule has 4 aromatic rings. The Kier molecular flexibility index (Phi) is 6.33. The second-order valence-electron chi connectivity index (χ2n) is 9.36. The zero-order valence-corrected chi connectivity index (χ0v) is 20.8. The van der Waals surface area contributed by atoms with Gasteiger partial charge in [0.1, 0.15) is 5.75 Å². The highest BCUT2D eigenvalue weighted by molar-refractivity contribution is 6.04. The first-order valence-electron chi connectivity index (χ1n) is 12.7. The van der Waals surface area contributed by atoms with Gasteiger partial charge in [0, 0.05) is 25.1 Å². The molecule has 0 N–H and O–H groups in total. The van der Waals surface area contributed by atoms with Crippen molar-refractivity contribution in [1.29, 1.82) is 0 Å². The number of anilines is 1. The van der Waals surface area contributed by atoms with Crippen LogP contribution in [0.1, 0.15) is 33.9 Å². The summed E-state index contributed by atoms with van der Waals surface area (Å²) in [5, 5.41) is 9.65. The highest BCUT2D eigenvalue weighted by Gasteiger charge is 2.31. The summed E-state index contributed by atoms with van der Waals surface area (Å²) in [6, 6.07) is 30.9. The number of fused-ring (bicyclic) bond motifs is 1. The van der Waals surface area contributed by atoms with Gasteiger partial charge in [-0.15, -0.1) is 0 Å². The maximum atomic E-state index is 13.0. The van der Waals surface area contributed by atoms with Crippen molar-refractivity contribution >= 4 is 28.1 Å². The Bertz CT molecular complexity index is 1440. The first-order chi connectivity index (χ1) is 18.2. The van der Waals surface area contributed by atoms with E-state index in [1.165, 1.54) is 16.3 Å². The molecule has 6 rings (SSSR count). The van der Waals surface area contributed by atoms with E-state index in [4.69, 9.17) is 14.6 Å².